The van der Waals surface area contributed by atoms with Crippen molar-refractivity contribution in [2.45, 2.75) is 0 Å². The second-order valence-electron chi connectivity index (χ2n) is 3.55. The van der Waals surface area contributed by atoms with Crippen LogP contribution in [0.15, 0.2) is 35.4 Å². The smallest absolute Gasteiger partial charge is 0.276 e. The molecular formula is C11H10ClN5O2. The van der Waals surface area contributed by atoms with E-state index in [1.54, 1.807) is 24.3 Å². The molecule has 0 bridgehead atoms. The minimum absolute atomic E-state index is 0.0594. The van der Waals surface area contributed by atoms with E-state index in [4.69, 9.17) is 17.3 Å². The quantitative estimate of drug-likeness (QED) is 0.620. The van der Waals surface area contributed by atoms with E-state index < -0.39 is 11.5 Å². The number of nitrogens with zero attached hydrogens (tertiary/aromatic N) is 1. The van der Waals surface area contributed by atoms with Crippen LogP contribution in [-0.2, 0) is 0 Å². The maximum Gasteiger partial charge on any atom is 0.276 e. The predicted molar refractivity (Wildman–Crippen MR) is 71.8 cm³/mol. The van der Waals surface area contributed by atoms with E-state index in [1.165, 1.54) is 6.33 Å². The summed E-state index contributed by atoms with van der Waals surface area (Å²) in [6.45, 7) is 0. The van der Waals surface area contributed by atoms with Crippen molar-refractivity contribution >= 4 is 29.0 Å². The van der Waals surface area contributed by atoms with Crippen LogP contribution in [0.25, 0.3) is 0 Å². The van der Waals surface area contributed by atoms with Gasteiger partial charge in [-0.25, -0.2) is 4.98 Å². The molecule has 0 aliphatic carbocycles. The number of aromatic nitrogens is 2. The third-order valence-corrected chi connectivity index (χ3v) is 2.63. The molecule has 1 heterocycles. The number of halogens is 1. The number of carbonyl (C=O) groups excluding carboxylic acids is 1. The largest absolute Gasteiger partial charge is 0.391 e. The molecule has 0 aliphatic heterocycles. The fourth-order valence-electron chi connectivity index (χ4n) is 1.34. The maximum atomic E-state index is 11.8. The molecule has 1 aromatic heterocycles. The van der Waals surface area contributed by atoms with Crippen LogP contribution < -0.4 is 22.1 Å². The number of nitrogens with one attached hydrogen (secondary N) is 3. The lowest BCUT2D eigenvalue weighted by Crippen LogP contribution is -2.31. The van der Waals surface area contributed by atoms with E-state index in [9.17, 15) is 9.59 Å². The van der Waals surface area contributed by atoms with Gasteiger partial charge in [-0.05, 0) is 12.1 Å². The zero-order valence-corrected chi connectivity index (χ0v) is 10.4. The molecule has 7 nitrogen and oxygen atoms in total. The number of nitrogen functional groups attached to an aromatic ring is 1. The van der Waals surface area contributed by atoms with Gasteiger partial charge in [0, 0.05) is 0 Å². The number of aromatic amines is 1. The minimum atomic E-state index is -0.496. The third kappa shape index (κ3) is 2.83. The molecule has 5 N–H and O–H groups in total. The van der Waals surface area contributed by atoms with Gasteiger partial charge in [-0.1, -0.05) is 23.7 Å². The van der Waals surface area contributed by atoms with E-state index in [0.29, 0.717) is 10.6 Å². The van der Waals surface area contributed by atoms with Crippen LogP contribution in [0.4, 0.5) is 11.5 Å². The SMILES string of the molecule is Nc1c(NNC(=O)c2ccccc2Cl)nc[nH]c1=O. The minimum Gasteiger partial charge on any atom is -0.391 e. The second-order valence-corrected chi connectivity index (χ2v) is 3.96. The normalized spacial score (nSPS) is 9.95. The molecule has 98 valence electrons. The molecule has 2 rings (SSSR count). The van der Waals surface area contributed by atoms with Crippen LogP contribution in [0.5, 0.6) is 0 Å². The molecule has 0 spiro atoms. The summed E-state index contributed by atoms with van der Waals surface area (Å²) in [7, 11) is 0. The van der Waals surface area contributed by atoms with Crippen molar-refractivity contribution in [2.75, 3.05) is 11.2 Å². The fraction of sp³-hybridized carbons (Fsp3) is 0. The van der Waals surface area contributed by atoms with Crippen molar-refractivity contribution in [3.63, 3.8) is 0 Å². The van der Waals surface area contributed by atoms with Gasteiger partial charge in [-0.2, -0.15) is 0 Å². The highest BCUT2D eigenvalue weighted by atomic mass is 35.5. The molecule has 1 amide bonds. The van der Waals surface area contributed by atoms with Gasteiger partial charge in [0.15, 0.2) is 5.82 Å². The van der Waals surface area contributed by atoms with Gasteiger partial charge in [-0.15, -0.1) is 0 Å². The van der Waals surface area contributed by atoms with Crippen molar-refractivity contribution in [3.05, 3.63) is 51.5 Å². The Morgan fingerprint density at radius 1 is 1.37 bits per heavy atom. The van der Waals surface area contributed by atoms with Gasteiger partial charge >= 0.3 is 0 Å². The van der Waals surface area contributed by atoms with Crippen molar-refractivity contribution in [3.8, 4) is 0 Å². The van der Waals surface area contributed by atoms with Crippen LogP contribution >= 0.6 is 11.6 Å². The van der Waals surface area contributed by atoms with Crippen LogP contribution in [0, 0.1) is 0 Å². The Balaban J connectivity index is 2.11. The highest BCUT2D eigenvalue weighted by Crippen LogP contribution is 2.14. The molecule has 0 saturated heterocycles. The Bertz CT molecular complexity index is 670. The maximum absolute atomic E-state index is 11.8. The van der Waals surface area contributed by atoms with Crippen LogP contribution in [0.3, 0.4) is 0 Å². The molecule has 0 aliphatic rings. The second kappa shape index (κ2) is 5.40. The van der Waals surface area contributed by atoms with Gasteiger partial charge in [0.1, 0.15) is 5.69 Å². The van der Waals surface area contributed by atoms with E-state index >= 15 is 0 Å². The Morgan fingerprint density at radius 3 is 2.84 bits per heavy atom. The summed E-state index contributed by atoms with van der Waals surface area (Å²) in [6.07, 6.45) is 1.17. The van der Waals surface area contributed by atoms with Gasteiger partial charge in [0.05, 0.1) is 16.9 Å². The first kappa shape index (κ1) is 12.9. The summed E-state index contributed by atoms with van der Waals surface area (Å²) in [5.41, 5.74) is 9.98. The molecule has 0 atom stereocenters. The van der Waals surface area contributed by atoms with E-state index in [2.05, 4.69) is 20.8 Å². The van der Waals surface area contributed by atoms with Crippen molar-refractivity contribution in [2.24, 2.45) is 0 Å². The summed E-state index contributed by atoms with van der Waals surface area (Å²) in [6, 6.07) is 6.55. The Kier molecular flexibility index (Phi) is 3.67. The summed E-state index contributed by atoms with van der Waals surface area (Å²) in [5, 5.41) is 0.314. The summed E-state index contributed by atoms with van der Waals surface area (Å²) >= 11 is 5.87. The van der Waals surface area contributed by atoms with Gasteiger partial charge < -0.3 is 10.7 Å². The average Bonchev–Trinajstić information content (AvgIpc) is 2.40. The van der Waals surface area contributed by atoms with E-state index in [-0.39, 0.29) is 11.5 Å². The number of carbonyl (C=O) groups is 1. The first-order valence-corrected chi connectivity index (χ1v) is 5.61. The molecule has 1 aromatic carbocycles. The average molecular weight is 280 g/mol. The monoisotopic (exact) mass is 279 g/mol. The number of amides is 1. The number of hydrogen-bond acceptors (Lipinski definition) is 5. The Hall–Kier alpha value is -2.54. The van der Waals surface area contributed by atoms with Gasteiger partial charge in [-0.3, -0.25) is 20.4 Å². The van der Waals surface area contributed by atoms with Crippen LogP contribution in [0.1, 0.15) is 10.4 Å². The van der Waals surface area contributed by atoms with E-state index in [1.807, 2.05) is 0 Å². The van der Waals surface area contributed by atoms with Gasteiger partial charge in [0.25, 0.3) is 11.5 Å². The molecule has 2 aromatic rings. The lowest BCUT2D eigenvalue weighted by molar-refractivity contribution is 0.0962. The fourth-order valence-corrected chi connectivity index (χ4v) is 1.56. The predicted octanol–water partition coefficient (Wildman–Crippen LogP) is 0.762. The van der Waals surface area contributed by atoms with Crippen LogP contribution in [-0.4, -0.2) is 15.9 Å². The summed E-state index contributed by atoms with van der Waals surface area (Å²) in [4.78, 5) is 29.1. The number of nitrogens with two attached hydrogens (primary N) is 1. The first-order chi connectivity index (χ1) is 9.09. The van der Waals surface area contributed by atoms with Gasteiger partial charge in [0.2, 0.25) is 0 Å². The number of rotatable bonds is 3. The third-order valence-electron chi connectivity index (χ3n) is 2.30. The number of H-pyrrole nitrogens is 1. The van der Waals surface area contributed by atoms with Crippen molar-refractivity contribution < 1.29 is 4.79 Å². The molecule has 0 radical (unpaired) electrons. The molecule has 0 saturated carbocycles. The van der Waals surface area contributed by atoms with E-state index in [0.717, 1.165) is 0 Å². The topological polar surface area (TPSA) is 113 Å². The van der Waals surface area contributed by atoms with Crippen LogP contribution in [0.2, 0.25) is 5.02 Å². The molecule has 0 unspecified atom stereocenters. The zero-order valence-electron chi connectivity index (χ0n) is 9.61. The highest BCUT2D eigenvalue weighted by Gasteiger charge is 2.10. The lowest BCUT2D eigenvalue weighted by Gasteiger charge is -2.09. The number of hydrogen-bond donors (Lipinski definition) is 4. The Labute approximate surface area is 112 Å². The van der Waals surface area contributed by atoms with Crippen molar-refractivity contribution in [1.29, 1.82) is 0 Å². The van der Waals surface area contributed by atoms with Crippen molar-refractivity contribution in [1.82, 2.24) is 15.4 Å². The number of anilines is 2. The molecular weight excluding hydrogens is 270 g/mol. The Morgan fingerprint density at radius 2 is 2.11 bits per heavy atom. The summed E-state index contributed by atoms with van der Waals surface area (Å²) < 4.78 is 0. The standard InChI is InChI=1S/C11H10ClN5O2/c12-7-4-2-1-3-6(7)10(18)17-16-9-8(13)11(19)15-5-14-9/h1-5H,13H2,(H,17,18)(H2,14,15,16,19). The molecule has 19 heavy (non-hydrogen) atoms. The molecule has 8 heteroatoms. The first-order valence-electron chi connectivity index (χ1n) is 5.23. The number of benzene rings is 1. The zero-order chi connectivity index (χ0) is 13.8. The summed E-state index contributed by atoms with van der Waals surface area (Å²) in [5.74, 6) is -0.406. The highest BCUT2D eigenvalue weighted by molar-refractivity contribution is 6.33. The lowest BCUT2D eigenvalue weighted by atomic mass is 10.2. The number of hydrazine groups is 1. The molecule has 0 fully saturated rings.